The van der Waals surface area contributed by atoms with Crippen LogP contribution >= 0.6 is 0 Å². The first-order chi connectivity index (χ1) is 15.1. The zero-order valence-electron chi connectivity index (χ0n) is 19.5. The van der Waals surface area contributed by atoms with Crippen molar-refractivity contribution in [2.24, 2.45) is 0 Å². The van der Waals surface area contributed by atoms with Crippen LogP contribution in [0.3, 0.4) is 0 Å². The molecular weight excluding hydrogens is 427 g/mol. The van der Waals surface area contributed by atoms with Gasteiger partial charge in [0.2, 0.25) is 0 Å². The van der Waals surface area contributed by atoms with Crippen LogP contribution in [-0.2, 0) is 14.3 Å². The van der Waals surface area contributed by atoms with Crippen LogP contribution in [0.15, 0.2) is 47.4 Å². The van der Waals surface area contributed by atoms with Crippen LogP contribution in [0.4, 0.5) is 0 Å². The number of fused-ring (bicyclic) bond motifs is 1. The molecule has 0 heterocycles. The van der Waals surface area contributed by atoms with E-state index in [0.29, 0.717) is 0 Å². The zero-order chi connectivity index (χ0) is 22.2. The van der Waals surface area contributed by atoms with Gasteiger partial charge in [-0.25, -0.2) is 0 Å². The van der Waals surface area contributed by atoms with Crippen LogP contribution in [0, 0.1) is 0 Å². The second kappa shape index (κ2) is 18.0. The van der Waals surface area contributed by atoms with Crippen molar-refractivity contribution >= 4 is 50.4 Å². The van der Waals surface area contributed by atoms with E-state index in [-0.39, 0.29) is 41.1 Å². The first-order valence-electron chi connectivity index (χ1n) is 12.5. The summed E-state index contributed by atoms with van der Waals surface area (Å²) in [5, 5.41) is 1.64. The Hall–Kier alpha value is -0.390. The Morgan fingerprint density at radius 1 is 0.625 bits per heavy atom. The van der Waals surface area contributed by atoms with E-state index in [4.69, 9.17) is 4.18 Å². The molecular formula is C27H43NaO3S. The van der Waals surface area contributed by atoms with Crippen LogP contribution in [0.1, 0.15) is 103 Å². The molecule has 0 N–H and O–H groups in total. The third kappa shape index (κ3) is 11.7. The van der Waals surface area contributed by atoms with Gasteiger partial charge in [0.1, 0.15) is 4.90 Å². The maximum absolute atomic E-state index is 12.6. The van der Waals surface area contributed by atoms with Gasteiger partial charge < -0.3 is 0 Å². The molecule has 0 bridgehead atoms. The third-order valence-corrected chi connectivity index (χ3v) is 7.38. The molecule has 5 heteroatoms. The summed E-state index contributed by atoms with van der Waals surface area (Å²) < 4.78 is 30.5. The predicted octanol–water partition coefficient (Wildman–Crippen LogP) is 7.77. The average molecular weight is 471 g/mol. The van der Waals surface area contributed by atoms with Crippen LogP contribution in [0.5, 0.6) is 0 Å². The first kappa shape index (κ1) is 29.6. The molecule has 0 aliphatic rings. The van der Waals surface area contributed by atoms with E-state index in [1.54, 1.807) is 12.1 Å². The van der Waals surface area contributed by atoms with Crippen molar-refractivity contribution in [3.8, 4) is 0 Å². The molecule has 2 aromatic rings. The second-order valence-corrected chi connectivity index (χ2v) is 10.3. The van der Waals surface area contributed by atoms with E-state index in [1.807, 2.05) is 30.3 Å². The van der Waals surface area contributed by atoms with Gasteiger partial charge in [-0.3, -0.25) is 4.18 Å². The van der Waals surface area contributed by atoms with Gasteiger partial charge in [0, 0.05) is 5.39 Å². The summed E-state index contributed by atoms with van der Waals surface area (Å²) in [6, 6.07) is 12.8. The number of benzene rings is 2. The Morgan fingerprint density at radius 2 is 1.09 bits per heavy atom. The zero-order valence-corrected chi connectivity index (χ0v) is 20.3. The van der Waals surface area contributed by atoms with Gasteiger partial charge in [-0.1, -0.05) is 133 Å². The summed E-state index contributed by atoms with van der Waals surface area (Å²) in [6.07, 6.45) is 19.4. The molecule has 0 atom stereocenters. The van der Waals surface area contributed by atoms with Gasteiger partial charge in [-0.05, 0) is 17.9 Å². The standard InChI is InChI=1S/C27H42O3S.Na.H/c1-2-3-4-5-6-7-8-9-10-11-12-13-14-15-18-24-30-31(28,29)27-23-19-21-25-20-16-17-22-26(25)27;;/h16-17,19-23H,2-15,18,24H2,1H3;;. The molecule has 0 aliphatic heterocycles. The van der Waals surface area contributed by atoms with Gasteiger partial charge in [0.25, 0.3) is 10.1 Å². The van der Waals surface area contributed by atoms with Crippen molar-refractivity contribution in [2.45, 2.75) is 108 Å². The second-order valence-electron chi connectivity index (χ2n) is 8.70. The van der Waals surface area contributed by atoms with Crippen molar-refractivity contribution in [3.63, 3.8) is 0 Å². The summed E-state index contributed by atoms with van der Waals surface area (Å²) in [4.78, 5) is 0.270. The molecule has 0 saturated heterocycles. The first-order valence-corrected chi connectivity index (χ1v) is 13.9. The number of hydrogen-bond acceptors (Lipinski definition) is 3. The quantitative estimate of drug-likeness (QED) is 0.127. The third-order valence-electron chi connectivity index (χ3n) is 6.01. The Bertz CT molecular complexity index is 830. The van der Waals surface area contributed by atoms with Crippen LogP contribution in [0.25, 0.3) is 10.8 Å². The van der Waals surface area contributed by atoms with Gasteiger partial charge in [0.15, 0.2) is 0 Å². The minimum absolute atomic E-state index is 0. The molecule has 0 radical (unpaired) electrons. The summed E-state index contributed by atoms with van der Waals surface area (Å²) >= 11 is 0. The summed E-state index contributed by atoms with van der Waals surface area (Å²) in [7, 11) is -3.71. The monoisotopic (exact) mass is 470 g/mol. The molecule has 0 spiro atoms. The van der Waals surface area contributed by atoms with Crippen molar-refractivity contribution in [3.05, 3.63) is 42.5 Å². The molecule has 0 saturated carbocycles. The van der Waals surface area contributed by atoms with Gasteiger partial charge in [0.05, 0.1) is 6.61 Å². The van der Waals surface area contributed by atoms with Crippen LogP contribution in [0.2, 0.25) is 0 Å². The summed E-state index contributed by atoms with van der Waals surface area (Å²) in [5.74, 6) is 0. The van der Waals surface area contributed by atoms with Crippen molar-refractivity contribution in [1.82, 2.24) is 0 Å². The van der Waals surface area contributed by atoms with E-state index in [1.165, 1.54) is 77.0 Å². The minimum atomic E-state index is -3.71. The normalized spacial score (nSPS) is 11.5. The number of unbranched alkanes of at least 4 members (excludes halogenated alkanes) is 14. The van der Waals surface area contributed by atoms with E-state index in [2.05, 4.69) is 6.92 Å². The van der Waals surface area contributed by atoms with E-state index in [9.17, 15) is 8.42 Å². The van der Waals surface area contributed by atoms with Gasteiger partial charge in [-0.2, -0.15) is 8.42 Å². The Balaban J connectivity index is 0.00000512. The van der Waals surface area contributed by atoms with Crippen molar-refractivity contribution < 1.29 is 12.6 Å². The average Bonchev–Trinajstić information content (AvgIpc) is 2.78. The Morgan fingerprint density at radius 3 is 1.66 bits per heavy atom. The molecule has 0 fully saturated rings. The fraction of sp³-hybridized carbons (Fsp3) is 0.630. The topological polar surface area (TPSA) is 43.4 Å². The van der Waals surface area contributed by atoms with Gasteiger partial charge in [-0.15, -0.1) is 0 Å². The molecule has 2 aromatic carbocycles. The maximum atomic E-state index is 12.6. The Kier molecular flexibility index (Phi) is 16.7. The van der Waals surface area contributed by atoms with E-state index >= 15 is 0 Å². The Labute approximate surface area is 219 Å². The van der Waals surface area contributed by atoms with E-state index in [0.717, 1.165) is 30.0 Å². The summed E-state index contributed by atoms with van der Waals surface area (Å²) in [6.45, 7) is 2.54. The molecule has 176 valence electrons. The number of rotatable bonds is 18. The summed E-state index contributed by atoms with van der Waals surface area (Å²) in [5.41, 5.74) is 0. The SMILES string of the molecule is CCCCCCCCCCCCCCCCCOS(=O)(=O)c1cccc2ccccc12.[NaH]. The van der Waals surface area contributed by atoms with Crippen molar-refractivity contribution in [2.75, 3.05) is 6.61 Å². The molecule has 0 unspecified atom stereocenters. The molecule has 0 aromatic heterocycles. The molecule has 3 nitrogen and oxygen atoms in total. The van der Waals surface area contributed by atoms with Crippen molar-refractivity contribution in [1.29, 1.82) is 0 Å². The molecule has 32 heavy (non-hydrogen) atoms. The van der Waals surface area contributed by atoms with Crippen LogP contribution < -0.4 is 0 Å². The van der Waals surface area contributed by atoms with Gasteiger partial charge >= 0.3 is 29.6 Å². The fourth-order valence-electron chi connectivity index (χ4n) is 4.12. The predicted molar refractivity (Wildman–Crippen MR) is 139 cm³/mol. The molecule has 0 amide bonds. The fourth-order valence-corrected chi connectivity index (χ4v) is 5.28. The molecule has 0 aliphatic carbocycles. The molecule has 2 rings (SSSR count). The number of hydrogen-bond donors (Lipinski definition) is 0. The van der Waals surface area contributed by atoms with E-state index < -0.39 is 10.1 Å². The van der Waals surface area contributed by atoms with Crippen LogP contribution in [-0.4, -0.2) is 44.6 Å².